The highest BCUT2D eigenvalue weighted by atomic mass is 32.2. The Kier molecular flexibility index (Phi) is 5.54. The second kappa shape index (κ2) is 7.97. The summed E-state index contributed by atoms with van der Waals surface area (Å²) in [5, 5.41) is 4.72. The van der Waals surface area contributed by atoms with Crippen molar-refractivity contribution in [3.63, 3.8) is 0 Å². The fourth-order valence-corrected chi connectivity index (χ4v) is 5.96. The summed E-state index contributed by atoms with van der Waals surface area (Å²) in [6, 6.07) is 4.43. The van der Waals surface area contributed by atoms with Crippen LogP contribution in [0.4, 0.5) is 0 Å². The number of fused-ring (bicyclic) bond motifs is 1. The van der Waals surface area contributed by atoms with Gasteiger partial charge in [-0.05, 0) is 25.0 Å². The smallest absolute Gasteiger partial charge is 0.243 e. The molecule has 1 aromatic heterocycles. The van der Waals surface area contributed by atoms with Gasteiger partial charge in [0.1, 0.15) is 0 Å². The third kappa shape index (κ3) is 3.51. The van der Waals surface area contributed by atoms with Gasteiger partial charge in [-0.3, -0.25) is 4.68 Å². The number of sulfonamides is 1. The number of methoxy groups -OCH3 is 2. The van der Waals surface area contributed by atoms with Crippen molar-refractivity contribution in [1.82, 2.24) is 14.1 Å². The SMILES string of the molecule is COc1ccc(S(=O)(=O)N2CCCCC2c2nn(C)c3c2COCC3)cc1OC. The Labute approximate surface area is 171 Å². The van der Waals surface area contributed by atoms with Gasteiger partial charge in [0.05, 0.1) is 44.1 Å². The van der Waals surface area contributed by atoms with Crippen LogP contribution in [0.1, 0.15) is 42.3 Å². The average Bonchev–Trinajstić information content (AvgIpc) is 3.10. The fourth-order valence-electron chi connectivity index (χ4n) is 4.28. The van der Waals surface area contributed by atoms with Crippen LogP contribution in [0, 0.1) is 0 Å². The minimum absolute atomic E-state index is 0.197. The zero-order valence-electron chi connectivity index (χ0n) is 17.1. The Hall–Kier alpha value is -2.10. The Balaban J connectivity index is 1.74. The van der Waals surface area contributed by atoms with Gasteiger partial charge in [0, 0.05) is 37.3 Å². The lowest BCUT2D eigenvalue weighted by atomic mass is 9.97. The summed E-state index contributed by atoms with van der Waals surface area (Å²) in [7, 11) is 1.22. The maximum absolute atomic E-state index is 13.6. The first-order valence-electron chi connectivity index (χ1n) is 9.83. The van der Waals surface area contributed by atoms with Gasteiger partial charge in [0.2, 0.25) is 10.0 Å². The summed E-state index contributed by atoms with van der Waals surface area (Å²) in [5.41, 5.74) is 3.00. The molecule has 2 aliphatic heterocycles. The van der Waals surface area contributed by atoms with E-state index in [1.54, 1.807) is 16.4 Å². The first-order valence-corrected chi connectivity index (χ1v) is 11.3. The molecule has 0 radical (unpaired) electrons. The number of rotatable bonds is 5. The molecule has 1 unspecified atom stereocenters. The molecule has 4 rings (SSSR count). The highest BCUT2D eigenvalue weighted by molar-refractivity contribution is 7.89. The van der Waals surface area contributed by atoms with E-state index in [2.05, 4.69) is 0 Å². The highest BCUT2D eigenvalue weighted by Gasteiger charge is 2.38. The molecule has 2 aromatic rings. The summed E-state index contributed by atoms with van der Waals surface area (Å²) < 4.78 is 46.8. The third-order valence-electron chi connectivity index (χ3n) is 5.77. The summed E-state index contributed by atoms with van der Waals surface area (Å²) >= 11 is 0. The standard InChI is InChI=1S/C20H27N3O5S/c1-22-16-9-11-28-13-15(16)20(21-22)17-6-4-5-10-23(17)29(24,25)14-7-8-18(26-2)19(12-14)27-3/h7-8,12,17H,4-6,9-11,13H2,1-3H3. The van der Waals surface area contributed by atoms with Crippen LogP contribution in [-0.4, -0.2) is 49.9 Å². The monoisotopic (exact) mass is 421 g/mol. The lowest BCUT2D eigenvalue weighted by Gasteiger charge is -2.34. The number of nitrogens with zero attached hydrogens (tertiary/aromatic N) is 3. The molecule has 0 bridgehead atoms. The maximum Gasteiger partial charge on any atom is 0.243 e. The first kappa shape index (κ1) is 20.2. The predicted molar refractivity (Wildman–Crippen MR) is 107 cm³/mol. The Morgan fingerprint density at radius 2 is 1.97 bits per heavy atom. The van der Waals surface area contributed by atoms with E-state index in [0.717, 1.165) is 42.6 Å². The zero-order chi connectivity index (χ0) is 20.6. The number of piperidine rings is 1. The van der Waals surface area contributed by atoms with Crippen molar-refractivity contribution in [2.75, 3.05) is 27.4 Å². The lowest BCUT2D eigenvalue weighted by Crippen LogP contribution is -2.39. The molecule has 0 aliphatic carbocycles. The third-order valence-corrected chi connectivity index (χ3v) is 7.67. The van der Waals surface area contributed by atoms with Crippen LogP contribution in [0.2, 0.25) is 0 Å². The van der Waals surface area contributed by atoms with Crippen LogP contribution in [-0.2, 0) is 34.8 Å². The van der Waals surface area contributed by atoms with E-state index in [-0.39, 0.29) is 10.9 Å². The van der Waals surface area contributed by atoms with Crippen molar-refractivity contribution in [2.24, 2.45) is 7.05 Å². The number of hydrogen-bond donors (Lipinski definition) is 0. The topological polar surface area (TPSA) is 82.9 Å². The molecule has 1 saturated heterocycles. The van der Waals surface area contributed by atoms with Gasteiger partial charge >= 0.3 is 0 Å². The fraction of sp³-hybridized carbons (Fsp3) is 0.550. The minimum Gasteiger partial charge on any atom is -0.493 e. The average molecular weight is 422 g/mol. The van der Waals surface area contributed by atoms with E-state index in [0.29, 0.717) is 31.3 Å². The lowest BCUT2D eigenvalue weighted by molar-refractivity contribution is 0.107. The number of hydrogen-bond acceptors (Lipinski definition) is 6. The number of aromatic nitrogens is 2. The van der Waals surface area contributed by atoms with E-state index in [1.807, 2.05) is 11.7 Å². The van der Waals surface area contributed by atoms with Crippen LogP contribution in [0.3, 0.4) is 0 Å². The summed E-state index contributed by atoms with van der Waals surface area (Å²) in [6.45, 7) is 1.62. The molecule has 0 amide bonds. The van der Waals surface area contributed by atoms with E-state index in [9.17, 15) is 8.42 Å². The van der Waals surface area contributed by atoms with Gasteiger partial charge in [0.15, 0.2) is 11.5 Å². The van der Waals surface area contributed by atoms with E-state index in [1.165, 1.54) is 20.3 Å². The largest absolute Gasteiger partial charge is 0.493 e. The second-order valence-corrected chi connectivity index (χ2v) is 9.27. The van der Waals surface area contributed by atoms with Crippen LogP contribution >= 0.6 is 0 Å². The molecular weight excluding hydrogens is 394 g/mol. The molecule has 0 spiro atoms. The molecule has 1 aromatic carbocycles. The number of aryl methyl sites for hydroxylation is 1. The molecule has 158 valence electrons. The molecule has 3 heterocycles. The molecule has 0 N–H and O–H groups in total. The summed E-state index contributed by atoms with van der Waals surface area (Å²) in [4.78, 5) is 0.197. The quantitative estimate of drug-likeness (QED) is 0.737. The molecule has 1 fully saturated rings. The molecule has 8 nitrogen and oxygen atoms in total. The van der Waals surface area contributed by atoms with Crippen molar-refractivity contribution >= 4 is 10.0 Å². The molecule has 0 saturated carbocycles. The normalized spacial score (nSPS) is 20.3. The van der Waals surface area contributed by atoms with E-state index < -0.39 is 10.0 Å². The Morgan fingerprint density at radius 3 is 2.72 bits per heavy atom. The predicted octanol–water partition coefficient (Wildman–Crippen LogP) is 2.43. The summed E-state index contributed by atoms with van der Waals surface area (Å²) in [6.07, 6.45) is 3.34. The van der Waals surface area contributed by atoms with Gasteiger partial charge in [-0.25, -0.2) is 8.42 Å². The van der Waals surface area contributed by atoms with Crippen LogP contribution in [0.15, 0.2) is 23.1 Å². The first-order chi connectivity index (χ1) is 14.0. The highest BCUT2D eigenvalue weighted by Crippen LogP contribution is 2.39. The van der Waals surface area contributed by atoms with Crippen molar-refractivity contribution in [1.29, 1.82) is 0 Å². The Bertz CT molecular complexity index is 1000. The maximum atomic E-state index is 13.6. The number of benzene rings is 1. The minimum atomic E-state index is -3.73. The van der Waals surface area contributed by atoms with Gasteiger partial charge in [-0.1, -0.05) is 6.42 Å². The Morgan fingerprint density at radius 1 is 1.17 bits per heavy atom. The van der Waals surface area contributed by atoms with Crippen LogP contribution in [0.5, 0.6) is 11.5 Å². The molecule has 1 atom stereocenters. The molecule has 29 heavy (non-hydrogen) atoms. The second-order valence-electron chi connectivity index (χ2n) is 7.38. The van der Waals surface area contributed by atoms with Crippen molar-refractivity contribution in [3.8, 4) is 11.5 Å². The van der Waals surface area contributed by atoms with E-state index >= 15 is 0 Å². The van der Waals surface area contributed by atoms with Crippen molar-refractivity contribution < 1.29 is 22.6 Å². The number of ether oxygens (including phenoxy) is 3. The van der Waals surface area contributed by atoms with Crippen LogP contribution in [0.25, 0.3) is 0 Å². The van der Waals surface area contributed by atoms with Crippen LogP contribution < -0.4 is 9.47 Å². The van der Waals surface area contributed by atoms with E-state index in [4.69, 9.17) is 19.3 Å². The van der Waals surface area contributed by atoms with Crippen molar-refractivity contribution in [2.45, 2.75) is 43.2 Å². The van der Waals surface area contributed by atoms with Gasteiger partial charge in [-0.2, -0.15) is 9.40 Å². The van der Waals surface area contributed by atoms with Gasteiger partial charge < -0.3 is 14.2 Å². The molecule has 9 heteroatoms. The van der Waals surface area contributed by atoms with Gasteiger partial charge in [-0.15, -0.1) is 0 Å². The van der Waals surface area contributed by atoms with Crippen molar-refractivity contribution in [3.05, 3.63) is 35.2 Å². The molecular formula is C20H27N3O5S. The van der Waals surface area contributed by atoms with Gasteiger partial charge in [0.25, 0.3) is 0 Å². The summed E-state index contributed by atoms with van der Waals surface area (Å²) in [5.74, 6) is 0.892. The zero-order valence-corrected chi connectivity index (χ0v) is 17.9. The molecule has 2 aliphatic rings.